The zero-order valence-electron chi connectivity index (χ0n) is 19.4. The molecule has 0 spiro atoms. The van der Waals surface area contributed by atoms with Gasteiger partial charge in [0.2, 0.25) is 0 Å². The van der Waals surface area contributed by atoms with E-state index in [1.165, 1.54) is 18.2 Å². The standard InChI is InChI=1S/C27H31ClN4O2/c1-34-26-15-25(29)24(28)14-23(26)27(33)30-16-22-19-31(17-20-8-4-2-5-9-20)12-13-32(22)18-21-10-6-3-7-11-21/h2-11,14-15,22H,12-13,16-19,29H2,1H3,(H,30,33). The van der Waals surface area contributed by atoms with Gasteiger partial charge in [0.05, 0.1) is 23.4 Å². The first-order valence-corrected chi connectivity index (χ1v) is 11.9. The van der Waals surface area contributed by atoms with Crippen LogP contribution in [-0.2, 0) is 13.1 Å². The highest BCUT2D eigenvalue weighted by Crippen LogP contribution is 2.28. The van der Waals surface area contributed by atoms with Crippen LogP contribution in [0.5, 0.6) is 5.75 Å². The van der Waals surface area contributed by atoms with Crippen molar-refractivity contribution in [3.05, 3.63) is 94.5 Å². The van der Waals surface area contributed by atoms with Crippen LogP contribution in [0.2, 0.25) is 5.02 Å². The molecule has 1 saturated heterocycles. The number of benzene rings is 3. The molecule has 0 saturated carbocycles. The minimum absolute atomic E-state index is 0.164. The van der Waals surface area contributed by atoms with E-state index in [0.717, 1.165) is 32.7 Å². The minimum Gasteiger partial charge on any atom is -0.496 e. The Labute approximate surface area is 206 Å². The van der Waals surface area contributed by atoms with Gasteiger partial charge in [0.1, 0.15) is 5.75 Å². The highest BCUT2D eigenvalue weighted by Gasteiger charge is 2.28. The second-order valence-electron chi connectivity index (χ2n) is 8.61. The molecule has 178 valence electrons. The molecule has 0 radical (unpaired) electrons. The smallest absolute Gasteiger partial charge is 0.255 e. The molecule has 3 N–H and O–H groups in total. The maximum absolute atomic E-state index is 13.0. The topological polar surface area (TPSA) is 70.8 Å². The maximum Gasteiger partial charge on any atom is 0.255 e. The first-order chi connectivity index (χ1) is 16.5. The average Bonchev–Trinajstić information content (AvgIpc) is 2.86. The highest BCUT2D eigenvalue weighted by atomic mass is 35.5. The van der Waals surface area contributed by atoms with Gasteiger partial charge in [0.25, 0.3) is 5.91 Å². The van der Waals surface area contributed by atoms with Crippen molar-refractivity contribution in [1.29, 1.82) is 0 Å². The molecule has 1 heterocycles. The summed E-state index contributed by atoms with van der Waals surface area (Å²) in [7, 11) is 1.52. The van der Waals surface area contributed by atoms with Crippen LogP contribution in [0.4, 0.5) is 5.69 Å². The van der Waals surface area contributed by atoms with Crippen LogP contribution in [0.3, 0.4) is 0 Å². The van der Waals surface area contributed by atoms with E-state index in [2.05, 4.69) is 63.6 Å². The number of nitrogens with one attached hydrogen (secondary N) is 1. The van der Waals surface area contributed by atoms with Crippen molar-refractivity contribution in [3.8, 4) is 5.75 Å². The zero-order chi connectivity index (χ0) is 23.9. The summed E-state index contributed by atoms with van der Waals surface area (Å²) >= 11 is 6.17. The molecule has 6 nitrogen and oxygen atoms in total. The van der Waals surface area contributed by atoms with Crippen LogP contribution in [0.1, 0.15) is 21.5 Å². The second kappa shape index (κ2) is 11.4. The number of nitrogen functional groups attached to an aromatic ring is 1. The number of amides is 1. The monoisotopic (exact) mass is 478 g/mol. The fourth-order valence-electron chi connectivity index (χ4n) is 4.38. The average molecular weight is 479 g/mol. The number of methoxy groups -OCH3 is 1. The number of anilines is 1. The van der Waals surface area contributed by atoms with E-state index in [-0.39, 0.29) is 11.9 Å². The number of rotatable bonds is 8. The van der Waals surface area contributed by atoms with Gasteiger partial charge in [-0.05, 0) is 17.2 Å². The van der Waals surface area contributed by atoms with Crippen molar-refractivity contribution in [2.75, 3.05) is 39.0 Å². The van der Waals surface area contributed by atoms with Gasteiger partial charge >= 0.3 is 0 Å². The molecule has 1 unspecified atom stereocenters. The van der Waals surface area contributed by atoms with E-state index < -0.39 is 0 Å². The summed E-state index contributed by atoms with van der Waals surface area (Å²) in [5.74, 6) is 0.188. The summed E-state index contributed by atoms with van der Waals surface area (Å²) in [4.78, 5) is 17.9. The van der Waals surface area contributed by atoms with Gasteiger partial charge in [0.15, 0.2) is 0 Å². The SMILES string of the molecule is COc1cc(N)c(Cl)cc1C(=O)NCC1CN(Cc2ccccc2)CCN1Cc1ccccc1. The molecular formula is C27H31ClN4O2. The van der Waals surface area contributed by atoms with Gasteiger partial charge in [-0.2, -0.15) is 0 Å². The van der Waals surface area contributed by atoms with Gasteiger partial charge in [0, 0.05) is 51.4 Å². The third kappa shape index (κ3) is 6.08. The largest absolute Gasteiger partial charge is 0.496 e. The fraction of sp³-hybridized carbons (Fsp3) is 0.296. The molecule has 4 rings (SSSR count). The lowest BCUT2D eigenvalue weighted by atomic mass is 10.1. The number of nitrogens with zero attached hydrogens (tertiary/aromatic N) is 2. The molecule has 0 aromatic heterocycles. The van der Waals surface area contributed by atoms with E-state index >= 15 is 0 Å². The van der Waals surface area contributed by atoms with Crippen LogP contribution in [-0.4, -0.2) is 55.0 Å². The molecule has 3 aromatic rings. The molecule has 1 aliphatic rings. The molecule has 1 atom stereocenters. The number of piperazine rings is 1. The summed E-state index contributed by atoms with van der Waals surface area (Å²) in [6, 6.07) is 24.3. The lowest BCUT2D eigenvalue weighted by Gasteiger charge is -2.41. The van der Waals surface area contributed by atoms with Crippen molar-refractivity contribution >= 4 is 23.2 Å². The van der Waals surface area contributed by atoms with Gasteiger partial charge in [-0.25, -0.2) is 0 Å². The number of nitrogens with two attached hydrogens (primary N) is 1. The van der Waals surface area contributed by atoms with Crippen LogP contribution in [0.15, 0.2) is 72.8 Å². The maximum atomic E-state index is 13.0. The Morgan fingerprint density at radius 1 is 1.03 bits per heavy atom. The number of halogens is 1. The molecule has 34 heavy (non-hydrogen) atoms. The first-order valence-electron chi connectivity index (χ1n) is 11.5. The number of ether oxygens (including phenoxy) is 1. The molecule has 7 heteroatoms. The lowest BCUT2D eigenvalue weighted by molar-refractivity contribution is 0.0609. The van der Waals surface area contributed by atoms with Crippen LogP contribution < -0.4 is 15.8 Å². The molecule has 0 bridgehead atoms. The molecular weight excluding hydrogens is 448 g/mol. The molecule has 1 fully saturated rings. The predicted molar refractivity (Wildman–Crippen MR) is 137 cm³/mol. The Morgan fingerprint density at radius 3 is 2.32 bits per heavy atom. The third-order valence-corrected chi connectivity index (χ3v) is 6.56. The van der Waals surface area contributed by atoms with Crippen LogP contribution in [0, 0.1) is 0 Å². The third-order valence-electron chi connectivity index (χ3n) is 6.23. The summed E-state index contributed by atoms with van der Waals surface area (Å²) in [5.41, 5.74) is 9.20. The highest BCUT2D eigenvalue weighted by molar-refractivity contribution is 6.33. The Morgan fingerprint density at radius 2 is 1.68 bits per heavy atom. The van der Waals surface area contributed by atoms with Crippen molar-refractivity contribution in [2.45, 2.75) is 19.1 Å². The molecule has 3 aromatic carbocycles. The van der Waals surface area contributed by atoms with Crippen LogP contribution in [0.25, 0.3) is 0 Å². The number of hydrogen-bond acceptors (Lipinski definition) is 5. The van der Waals surface area contributed by atoms with Crippen molar-refractivity contribution in [1.82, 2.24) is 15.1 Å². The van der Waals surface area contributed by atoms with Crippen molar-refractivity contribution in [2.24, 2.45) is 0 Å². The van der Waals surface area contributed by atoms with Gasteiger partial charge in [-0.1, -0.05) is 72.3 Å². The lowest BCUT2D eigenvalue weighted by Crippen LogP contribution is -2.56. The minimum atomic E-state index is -0.224. The van der Waals surface area contributed by atoms with E-state index in [1.54, 1.807) is 12.1 Å². The summed E-state index contributed by atoms with van der Waals surface area (Å²) in [6.07, 6.45) is 0. The fourth-order valence-corrected chi connectivity index (χ4v) is 4.55. The van der Waals surface area contributed by atoms with E-state index in [1.807, 2.05) is 12.1 Å². The number of carbonyl (C=O) groups is 1. The van der Waals surface area contributed by atoms with Crippen LogP contribution >= 0.6 is 11.6 Å². The summed E-state index contributed by atoms with van der Waals surface area (Å²) in [6.45, 7) is 5.03. The van der Waals surface area contributed by atoms with Gasteiger partial charge < -0.3 is 15.8 Å². The second-order valence-corrected chi connectivity index (χ2v) is 9.02. The van der Waals surface area contributed by atoms with Crippen molar-refractivity contribution in [3.63, 3.8) is 0 Å². The normalized spacial score (nSPS) is 16.8. The zero-order valence-corrected chi connectivity index (χ0v) is 20.2. The molecule has 1 aliphatic heterocycles. The summed E-state index contributed by atoms with van der Waals surface area (Å²) in [5, 5.41) is 3.44. The summed E-state index contributed by atoms with van der Waals surface area (Å²) < 4.78 is 5.36. The van der Waals surface area contributed by atoms with Gasteiger partial charge in [-0.15, -0.1) is 0 Å². The molecule has 0 aliphatic carbocycles. The van der Waals surface area contributed by atoms with E-state index in [4.69, 9.17) is 22.1 Å². The Balaban J connectivity index is 1.47. The predicted octanol–water partition coefficient (Wildman–Crippen LogP) is 4.05. The van der Waals surface area contributed by atoms with E-state index in [0.29, 0.717) is 28.6 Å². The Bertz CT molecular complexity index is 1090. The van der Waals surface area contributed by atoms with E-state index in [9.17, 15) is 4.79 Å². The Kier molecular flexibility index (Phi) is 8.06. The number of hydrogen-bond donors (Lipinski definition) is 2. The van der Waals surface area contributed by atoms with Gasteiger partial charge in [-0.3, -0.25) is 14.6 Å². The Hall–Kier alpha value is -3.06. The quantitative estimate of drug-likeness (QED) is 0.478. The van der Waals surface area contributed by atoms with Crippen molar-refractivity contribution < 1.29 is 9.53 Å². The molecule has 1 amide bonds. The first kappa shape index (κ1) is 24.1. The number of carbonyl (C=O) groups excluding carboxylic acids is 1.